The Bertz CT molecular complexity index is 1700. The monoisotopic (exact) mass is 596 g/mol. The maximum atomic E-state index is 15.2. The lowest BCUT2D eigenvalue weighted by atomic mass is 10.1. The van der Waals surface area contributed by atoms with E-state index in [1.54, 1.807) is 22.9 Å². The van der Waals surface area contributed by atoms with E-state index in [9.17, 15) is 9.59 Å². The summed E-state index contributed by atoms with van der Waals surface area (Å²) in [4.78, 5) is 32.4. The molecule has 2 aliphatic heterocycles. The average molecular weight is 597 g/mol. The van der Waals surface area contributed by atoms with Crippen molar-refractivity contribution in [3.8, 4) is 22.8 Å². The number of amides is 1. The standard InChI is InChI=1S/C35H37FN4O4/c1-2-27(16-10-5-11-19-37-35(42)43)44-32-18-17-25(20-28(32)36)22-30-34(41)40-23-31(26-14-8-4-9-15-26)38-29(33(40)39-30)21-24-12-6-3-7-13-24/h3-4,6-9,12-15,17-18,20,23,27,37-38H,2,5,10-11,16,19,21-22H2,1H3,(H,42,43). The van der Waals surface area contributed by atoms with E-state index in [-0.39, 0.29) is 23.8 Å². The molecule has 8 nitrogen and oxygen atoms in total. The second kappa shape index (κ2) is 14.5. The van der Waals surface area contributed by atoms with Crippen molar-refractivity contribution in [1.82, 2.24) is 19.9 Å². The van der Waals surface area contributed by atoms with Gasteiger partial charge in [-0.3, -0.25) is 9.36 Å². The van der Waals surface area contributed by atoms with Gasteiger partial charge < -0.3 is 20.1 Å². The second-order valence-electron chi connectivity index (χ2n) is 10.9. The van der Waals surface area contributed by atoms with Gasteiger partial charge in [-0.15, -0.1) is 0 Å². The molecule has 1 unspecified atom stereocenters. The molecule has 1 amide bonds. The smallest absolute Gasteiger partial charge is 0.404 e. The highest BCUT2D eigenvalue weighted by Gasteiger charge is 2.21. The van der Waals surface area contributed by atoms with Crippen LogP contribution in [0.3, 0.4) is 0 Å². The van der Waals surface area contributed by atoms with Crippen LogP contribution in [0.1, 0.15) is 61.5 Å². The number of benzene rings is 3. The average Bonchev–Trinajstić information content (AvgIpc) is 3.35. The number of unbranched alkanes of at least 4 members (excludes halogenated alkanes) is 2. The van der Waals surface area contributed by atoms with Gasteiger partial charge in [0.25, 0.3) is 5.56 Å². The zero-order chi connectivity index (χ0) is 30.9. The van der Waals surface area contributed by atoms with Gasteiger partial charge in [0.05, 0.1) is 17.5 Å². The third kappa shape index (κ3) is 7.72. The fourth-order valence-electron chi connectivity index (χ4n) is 5.32. The maximum absolute atomic E-state index is 15.2. The van der Waals surface area contributed by atoms with Crippen molar-refractivity contribution >= 4 is 6.09 Å². The van der Waals surface area contributed by atoms with Crippen LogP contribution in [-0.4, -0.2) is 38.4 Å². The van der Waals surface area contributed by atoms with Gasteiger partial charge in [0.1, 0.15) is 5.69 Å². The molecule has 0 spiro atoms. The molecule has 44 heavy (non-hydrogen) atoms. The minimum Gasteiger partial charge on any atom is -0.487 e. The number of halogens is 1. The highest BCUT2D eigenvalue weighted by molar-refractivity contribution is 5.64. The number of carboxylic acid groups (broad SMARTS) is 1. The molecule has 3 aromatic carbocycles. The first-order valence-corrected chi connectivity index (χ1v) is 15.1. The summed E-state index contributed by atoms with van der Waals surface area (Å²) in [6.45, 7) is 2.41. The lowest BCUT2D eigenvalue weighted by Crippen LogP contribution is -2.22. The number of H-pyrrole nitrogens is 1. The molecule has 2 heterocycles. The van der Waals surface area contributed by atoms with Crippen LogP contribution in [-0.2, 0) is 12.8 Å². The topological polar surface area (TPSA) is 109 Å². The molecule has 0 saturated heterocycles. The summed E-state index contributed by atoms with van der Waals surface area (Å²) in [7, 11) is 0. The van der Waals surface area contributed by atoms with Crippen LogP contribution < -0.4 is 15.6 Å². The number of nitrogens with one attached hydrogen (secondary N) is 2. The largest absolute Gasteiger partial charge is 0.487 e. The summed E-state index contributed by atoms with van der Waals surface area (Å²) in [6, 6.07) is 24.6. The third-order valence-corrected chi connectivity index (χ3v) is 7.65. The number of fused-ring (bicyclic) bond motifs is 1. The number of ether oxygens (including phenoxy) is 1. The Kier molecular flexibility index (Phi) is 10.1. The van der Waals surface area contributed by atoms with E-state index < -0.39 is 11.9 Å². The molecule has 0 radical (unpaired) electrons. The van der Waals surface area contributed by atoms with E-state index >= 15 is 4.39 Å². The molecule has 0 fully saturated rings. The van der Waals surface area contributed by atoms with E-state index in [2.05, 4.69) is 10.3 Å². The molecule has 0 bridgehead atoms. The Balaban J connectivity index is 1.33. The van der Waals surface area contributed by atoms with E-state index in [0.717, 1.165) is 54.6 Å². The number of rotatable bonds is 14. The highest BCUT2D eigenvalue weighted by Crippen LogP contribution is 2.26. The number of aromatic nitrogens is 3. The molecule has 228 valence electrons. The minimum absolute atomic E-state index is 0.146. The summed E-state index contributed by atoms with van der Waals surface area (Å²) in [6.07, 6.45) is 5.30. The summed E-state index contributed by atoms with van der Waals surface area (Å²) >= 11 is 0. The zero-order valence-corrected chi connectivity index (χ0v) is 24.8. The van der Waals surface area contributed by atoms with Crippen LogP contribution in [0, 0.1) is 5.82 Å². The number of hydrogen-bond donors (Lipinski definition) is 3. The number of aromatic amines is 1. The molecule has 0 aromatic heterocycles. The van der Waals surface area contributed by atoms with Crippen LogP contribution in [0.5, 0.6) is 5.75 Å². The van der Waals surface area contributed by atoms with Crippen molar-refractivity contribution in [2.45, 2.75) is 58.0 Å². The molecule has 3 aromatic rings. The highest BCUT2D eigenvalue weighted by atomic mass is 19.1. The van der Waals surface area contributed by atoms with Gasteiger partial charge in [-0.25, -0.2) is 14.2 Å². The van der Waals surface area contributed by atoms with Crippen molar-refractivity contribution in [2.24, 2.45) is 0 Å². The summed E-state index contributed by atoms with van der Waals surface area (Å²) in [5.74, 6) is 0.253. The summed E-state index contributed by atoms with van der Waals surface area (Å²) in [5.41, 5.74) is 4.41. The van der Waals surface area contributed by atoms with Gasteiger partial charge >= 0.3 is 6.09 Å². The molecule has 9 heteroatoms. The first-order valence-electron chi connectivity index (χ1n) is 15.1. The van der Waals surface area contributed by atoms with Crippen LogP contribution >= 0.6 is 0 Å². The number of imidazole rings is 1. The number of hydrogen-bond acceptors (Lipinski definition) is 4. The molecular weight excluding hydrogens is 559 g/mol. The van der Waals surface area contributed by atoms with Gasteiger partial charge in [0.15, 0.2) is 17.4 Å². The predicted molar refractivity (Wildman–Crippen MR) is 168 cm³/mol. The molecule has 1 atom stereocenters. The van der Waals surface area contributed by atoms with Crippen molar-refractivity contribution < 1.29 is 19.0 Å². The zero-order valence-electron chi connectivity index (χ0n) is 24.8. The van der Waals surface area contributed by atoms with Crippen LogP contribution in [0.4, 0.5) is 9.18 Å². The second-order valence-corrected chi connectivity index (χ2v) is 10.9. The lowest BCUT2D eigenvalue weighted by Gasteiger charge is -2.18. The molecular formula is C35H37FN4O4. The Morgan fingerprint density at radius 3 is 2.45 bits per heavy atom. The van der Waals surface area contributed by atoms with E-state index in [1.807, 2.05) is 67.6 Å². The van der Waals surface area contributed by atoms with E-state index in [1.165, 1.54) is 6.07 Å². The SMILES string of the molecule is CCC(CCCCCNC(=O)O)Oc1ccc(Cc2nc3c(Cc4ccccc4)[nH]c(-c4ccccc4)cn-3c2=O)cc1F. The third-order valence-electron chi connectivity index (χ3n) is 7.65. The normalized spacial score (nSPS) is 11.9. The fraction of sp³-hybridized carbons (Fsp3) is 0.286. The van der Waals surface area contributed by atoms with Crippen molar-refractivity contribution in [2.75, 3.05) is 6.54 Å². The lowest BCUT2D eigenvalue weighted by molar-refractivity contribution is 0.174. The maximum Gasteiger partial charge on any atom is 0.404 e. The Morgan fingerprint density at radius 1 is 1.00 bits per heavy atom. The first-order chi connectivity index (χ1) is 21.4. The number of nitrogens with zero attached hydrogens (tertiary/aromatic N) is 2. The number of carbonyl (C=O) groups is 1. The van der Waals surface area contributed by atoms with E-state index in [0.29, 0.717) is 30.0 Å². The quantitative estimate of drug-likeness (QED) is 0.120. The minimum atomic E-state index is -1.02. The van der Waals surface area contributed by atoms with Crippen molar-refractivity contribution in [3.05, 3.63) is 124 Å². The Morgan fingerprint density at radius 2 is 1.75 bits per heavy atom. The van der Waals surface area contributed by atoms with Gasteiger partial charge in [-0.2, -0.15) is 0 Å². The van der Waals surface area contributed by atoms with E-state index in [4.69, 9.17) is 14.8 Å². The van der Waals surface area contributed by atoms with Crippen LogP contribution in [0.2, 0.25) is 0 Å². The van der Waals surface area contributed by atoms with Gasteiger partial charge in [-0.1, -0.05) is 80.1 Å². The molecule has 3 N–H and O–H groups in total. The predicted octanol–water partition coefficient (Wildman–Crippen LogP) is 6.97. The first kappa shape index (κ1) is 30.5. The van der Waals surface area contributed by atoms with Gasteiger partial charge in [0, 0.05) is 25.6 Å². The van der Waals surface area contributed by atoms with Crippen molar-refractivity contribution in [3.63, 3.8) is 0 Å². The van der Waals surface area contributed by atoms with Gasteiger partial charge in [-0.05, 0) is 54.5 Å². The molecule has 5 rings (SSSR count). The van der Waals surface area contributed by atoms with Crippen molar-refractivity contribution in [1.29, 1.82) is 0 Å². The fourth-order valence-corrected chi connectivity index (χ4v) is 5.32. The Labute approximate surface area is 255 Å². The molecule has 0 aliphatic carbocycles. The Hall–Kier alpha value is -4.92. The summed E-state index contributed by atoms with van der Waals surface area (Å²) < 4.78 is 22.7. The summed E-state index contributed by atoms with van der Waals surface area (Å²) in [5, 5.41) is 11.0. The van der Waals surface area contributed by atoms with Gasteiger partial charge in [0.2, 0.25) is 0 Å². The molecule has 0 saturated carbocycles. The van der Waals surface area contributed by atoms with Crippen LogP contribution in [0.15, 0.2) is 89.9 Å². The van der Waals surface area contributed by atoms with Crippen LogP contribution in [0.25, 0.3) is 17.1 Å². The molecule has 2 aliphatic rings.